The van der Waals surface area contributed by atoms with Gasteiger partial charge in [0.1, 0.15) is 5.82 Å². The summed E-state index contributed by atoms with van der Waals surface area (Å²) < 4.78 is 76.5. The van der Waals surface area contributed by atoms with Gasteiger partial charge in [0.2, 0.25) is 0 Å². The average molecular weight is 542 g/mol. The van der Waals surface area contributed by atoms with Crippen LogP contribution in [-0.4, -0.2) is 79.4 Å². The Labute approximate surface area is 206 Å². The third kappa shape index (κ3) is 8.70. The number of carbonyl (C=O) groups is 2. The number of nitrogens with zero attached hydrogens (tertiary/aromatic N) is 3. The largest absolute Gasteiger partial charge is 0.490 e. The number of aromatic nitrogens is 2. The fourth-order valence-electron chi connectivity index (χ4n) is 3.94. The van der Waals surface area contributed by atoms with Crippen LogP contribution in [0.5, 0.6) is 0 Å². The van der Waals surface area contributed by atoms with Gasteiger partial charge in [-0.1, -0.05) is 12.1 Å². The van der Waals surface area contributed by atoms with Crippen LogP contribution in [0.2, 0.25) is 0 Å². The zero-order chi connectivity index (χ0) is 28.0. The van der Waals surface area contributed by atoms with Gasteiger partial charge >= 0.3 is 24.3 Å². The molecule has 206 valence electrons. The minimum Gasteiger partial charge on any atom is -0.475 e. The molecule has 2 aliphatic rings. The van der Waals surface area contributed by atoms with E-state index in [9.17, 15) is 30.7 Å². The zero-order valence-electron chi connectivity index (χ0n) is 19.5. The van der Waals surface area contributed by atoms with Crippen molar-refractivity contribution in [1.82, 2.24) is 19.8 Å². The lowest BCUT2D eigenvalue weighted by atomic mass is 9.83. The van der Waals surface area contributed by atoms with E-state index in [2.05, 4.69) is 26.7 Å². The van der Waals surface area contributed by atoms with Crippen molar-refractivity contribution in [1.29, 1.82) is 0 Å². The van der Waals surface area contributed by atoms with Crippen molar-refractivity contribution >= 4 is 11.9 Å². The van der Waals surface area contributed by atoms with E-state index in [1.165, 1.54) is 24.1 Å². The van der Waals surface area contributed by atoms with E-state index in [0.29, 0.717) is 5.54 Å². The second kappa shape index (κ2) is 11.9. The van der Waals surface area contributed by atoms with Crippen molar-refractivity contribution < 1.29 is 50.5 Å². The number of hydrogen-bond acceptors (Lipinski definition) is 5. The molecule has 1 aromatic carbocycles. The number of halogens is 7. The molecule has 2 saturated heterocycles. The molecule has 1 spiro atoms. The Balaban J connectivity index is 0.000000286. The van der Waals surface area contributed by atoms with Crippen LogP contribution in [0.15, 0.2) is 30.6 Å². The van der Waals surface area contributed by atoms with Gasteiger partial charge in [0.25, 0.3) is 0 Å². The SMILES string of the molecule is Cc1[nH]cnc1CN1CCC2(CCN2Cc2ccc(F)cc2)C1.O=C(O)C(F)(F)F.O=C(O)C(F)(F)F. The van der Waals surface area contributed by atoms with E-state index < -0.39 is 24.3 Å². The minimum atomic E-state index is -5.08. The standard InChI is InChI=1S/C18H23FN4.2C2HF3O2/c1-14-17(21-13-20-14)11-22-8-6-18(12-22)7-9-23(18)10-15-2-4-16(19)5-3-15;2*3-2(4,5)1(6)7/h2-5,13H,6-12H2,1H3,(H,20,21);2*(H,6,7). The summed E-state index contributed by atoms with van der Waals surface area (Å²) in [6, 6.07) is 6.93. The fraction of sp³-hybridized carbons (Fsp3) is 0.500. The molecule has 1 aromatic heterocycles. The van der Waals surface area contributed by atoms with Gasteiger partial charge < -0.3 is 15.2 Å². The molecule has 0 bridgehead atoms. The van der Waals surface area contributed by atoms with Crippen molar-refractivity contribution in [3.63, 3.8) is 0 Å². The smallest absolute Gasteiger partial charge is 0.475 e. The molecule has 0 aliphatic carbocycles. The van der Waals surface area contributed by atoms with Crippen LogP contribution in [0.3, 0.4) is 0 Å². The number of rotatable bonds is 4. The van der Waals surface area contributed by atoms with Gasteiger partial charge in [-0.15, -0.1) is 0 Å². The first-order valence-electron chi connectivity index (χ1n) is 10.8. The molecule has 0 saturated carbocycles. The maximum Gasteiger partial charge on any atom is 0.490 e. The summed E-state index contributed by atoms with van der Waals surface area (Å²) in [6.07, 6.45) is -5.90. The molecule has 3 heterocycles. The van der Waals surface area contributed by atoms with Crippen LogP contribution >= 0.6 is 0 Å². The highest BCUT2D eigenvalue weighted by atomic mass is 19.4. The third-order valence-corrected chi connectivity index (χ3v) is 6.01. The Morgan fingerprint density at radius 2 is 1.49 bits per heavy atom. The van der Waals surface area contributed by atoms with Crippen LogP contribution in [-0.2, 0) is 22.7 Å². The van der Waals surface area contributed by atoms with Crippen LogP contribution in [0.25, 0.3) is 0 Å². The van der Waals surface area contributed by atoms with Gasteiger partial charge in [-0.05, 0) is 37.5 Å². The summed E-state index contributed by atoms with van der Waals surface area (Å²) in [7, 11) is 0. The molecule has 8 nitrogen and oxygen atoms in total. The van der Waals surface area contributed by atoms with Gasteiger partial charge in [0.05, 0.1) is 12.0 Å². The van der Waals surface area contributed by atoms with Crippen molar-refractivity contribution in [2.75, 3.05) is 19.6 Å². The number of carboxylic acids is 2. The Morgan fingerprint density at radius 1 is 0.973 bits per heavy atom. The second-order valence-electron chi connectivity index (χ2n) is 8.56. The lowest BCUT2D eigenvalue weighted by Gasteiger charge is -2.51. The molecule has 15 heteroatoms. The second-order valence-corrected chi connectivity index (χ2v) is 8.56. The average Bonchev–Trinajstić information content (AvgIpc) is 3.40. The van der Waals surface area contributed by atoms with Gasteiger partial charge in [0.15, 0.2) is 0 Å². The Bertz CT molecular complexity index is 1030. The number of carboxylic acid groups (broad SMARTS) is 2. The predicted molar refractivity (Wildman–Crippen MR) is 115 cm³/mol. The van der Waals surface area contributed by atoms with E-state index in [0.717, 1.165) is 38.4 Å². The number of H-pyrrole nitrogens is 1. The summed E-state index contributed by atoms with van der Waals surface area (Å²) in [5.41, 5.74) is 3.85. The quantitative estimate of drug-likeness (QED) is 0.502. The van der Waals surface area contributed by atoms with Crippen molar-refractivity contribution in [2.24, 2.45) is 0 Å². The lowest BCUT2D eigenvalue weighted by molar-refractivity contribution is -0.193. The maximum atomic E-state index is 13.0. The van der Waals surface area contributed by atoms with E-state index in [-0.39, 0.29) is 5.82 Å². The molecule has 4 rings (SSSR count). The van der Waals surface area contributed by atoms with Crippen molar-refractivity contribution in [3.8, 4) is 0 Å². The van der Waals surface area contributed by atoms with Crippen LogP contribution < -0.4 is 0 Å². The molecular weight excluding hydrogens is 517 g/mol. The van der Waals surface area contributed by atoms with E-state index in [1.54, 1.807) is 18.5 Å². The fourth-order valence-corrected chi connectivity index (χ4v) is 3.94. The van der Waals surface area contributed by atoms with Crippen LogP contribution in [0.4, 0.5) is 30.7 Å². The molecule has 2 fully saturated rings. The van der Waals surface area contributed by atoms with Gasteiger partial charge in [-0.2, -0.15) is 26.3 Å². The zero-order valence-corrected chi connectivity index (χ0v) is 19.5. The normalized spacial score (nSPS) is 19.9. The Hall–Kier alpha value is -3.20. The number of likely N-dealkylation sites (tertiary alicyclic amines) is 2. The molecule has 1 unspecified atom stereocenters. The molecule has 2 aromatic rings. The molecule has 1 atom stereocenters. The Kier molecular flexibility index (Phi) is 9.66. The van der Waals surface area contributed by atoms with E-state index >= 15 is 0 Å². The number of benzene rings is 1. The first-order valence-corrected chi connectivity index (χ1v) is 10.8. The first-order chi connectivity index (χ1) is 17.0. The monoisotopic (exact) mass is 542 g/mol. The highest BCUT2D eigenvalue weighted by Crippen LogP contribution is 2.40. The minimum absolute atomic E-state index is 0.159. The molecule has 0 radical (unpaired) electrons. The van der Waals surface area contributed by atoms with Gasteiger partial charge in [-0.25, -0.2) is 19.0 Å². The molecule has 37 heavy (non-hydrogen) atoms. The van der Waals surface area contributed by atoms with E-state index in [4.69, 9.17) is 19.8 Å². The number of aryl methyl sites for hydroxylation is 1. The third-order valence-electron chi connectivity index (χ3n) is 6.01. The highest BCUT2D eigenvalue weighted by Gasteiger charge is 2.48. The Morgan fingerprint density at radius 3 is 1.89 bits per heavy atom. The lowest BCUT2D eigenvalue weighted by Crippen LogP contribution is -2.60. The highest BCUT2D eigenvalue weighted by molar-refractivity contribution is 5.73. The van der Waals surface area contributed by atoms with Crippen molar-refractivity contribution in [2.45, 2.75) is 50.7 Å². The predicted octanol–water partition coefficient (Wildman–Crippen LogP) is 3.97. The maximum absolute atomic E-state index is 13.0. The first kappa shape index (κ1) is 30.0. The topological polar surface area (TPSA) is 110 Å². The summed E-state index contributed by atoms with van der Waals surface area (Å²) in [5, 5.41) is 14.2. The summed E-state index contributed by atoms with van der Waals surface area (Å²) in [5.74, 6) is -5.67. The summed E-state index contributed by atoms with van der Waals surface area (Å²) >= 11 is 0. The number of aromatic amines is 1. The number of nitrogens with one attached hydrogen (secondary N) is 1. The number of hydrogen-bond donors (Lipinski definition) is 3. The van der Waals surface area contributed by atoms with Gasteiger partial charge in [-0.3, -0.25) is 9.80 Å². The molecule has 3 N–H and O–H groups in total. The number of imidazole rings is 1. The summed E-state index contributed by atoms with van der Waals surface area (Å²) in [4.78, 5) is 30.5. The van der Waals surface area contributed by atoms with Crippen LogP contribution in [0.1, 0.15) is 29.8 Å². The van der Waals surface area contributed by atoms with Crippen molar-refractivity contribution in [3.05, 3.63) is 53.4 Å². The summed E-state index contributed by atoms with van der Waals surface area (Å²) in [6.45, 7) is 7.33. The molecular formula is C22H25F7N4O4. The van der Waals surface area contributed by atoms with Gasteiger partial charge in [0, 0.05) is 44.0 Å². The molecule has 2 aliphatic heterocycles. The van der Waals surface area contributed by atoms with E-state index in [1.807, 2.05) is 12.1 Å². The number of aliphatic carboxylic acids is 2. The molecule has 0 amide bonds. The number of alkyl halides is 6. The van der Waals surface area contributed by atoms with Crippen LogP contribution in [0, 0.1) is 12.7 Å².